The van der Waals surface area contributed by atoms with Crippen LogP contribution in [0.4, 0.5) is 0 Å². The van der Waals surface area contributed by atoms with E-state index in [9.17, 15) is 0 Å². The highest BCUT2D eigenvalue weighted by Crippen LogP contribution is 2.26. The van der Waals surface area contributed by atoms with Crippen molar-refractivity contribution in [3.05, 3.63) is 29.8 Å². The predicted octanol–water partition coefficient (Wildman–Crippen LogP) is 2.43. The molecule has 1 aromatic rings. The number of benzene rings is 1. The first-order chi connectivity index (χ1) is 9.31. The van der Waals surface area contributed by atoms with E-state index < -0.39 is 0 Å². The molecule has 19 heavy (non-hydrogen) atoms. The van der Waals surface area contributed by atoms with Crippen LogP contribution in [-0.2, 0) is 5.75 Å². The van der Waals surface area contributed by atoms with Crippen LogP contribution in [0, 0.1) is 0 Å². The molecule has 1 aliphatic rings. The minimum atomic E-state index is 0.307. The zero-order chi connectivity index (χ0) is 13.5. The Balaban J connectivity index is 1.70. The summed E-state index contributed by atoms with van der Waals surface area (Å²) >= 11 is 2.02. The Morgan fingerprint density at radius 1 is 1.37 bits per heavy atom. The molecule has 1 saturated heterocycles. The van der Waals surface area contributed by atoms with Crippen LogP contribution >= 0.6 is 11.8 Å². The molecule has 2 N–H and O–H groups in total. The summed E-state index contributed by atoms with van der Waals surface area (Å²) in [5.74, 6) is 1.98. The van der Waals surface area contributed by atoms with Crippen LogP contribution in [0.25, 0.3) is 0 Å². The number of aliphatic hydroxyl groups excluding tert-OH is 1. The lowest BCUT2D eigenvalue weighted by molar-refractivity contribution is 0.277. The molecule has 1 fully saturated rings. The van der Waals surface area contributed by atoms with Gasteiger partial charge in [-0.3, -0.25) is 0 Å². The number of hydrogen-bond acceptors (Lipinski definition) is 4. The average Bonchev–Trinajstić information content (AvgIpc) is 2.91. The molecule has 4 heteroatoms. The van der Waals surface area contributed by atoms with Crippen molar-refractivity contribution in [2.75, 3.05) is 20.3 Å². The summed E-state index contributed by atoms with van der Waals surface area (Å²) in [6.07, 6.45) is 3.23. The third kappa shape index (κ3) is 4.71. The van der Waals surface area contributed by atoms with E-state index in [2.05, 4.69) is 17.4 Å². The monoisotopic (exact) mass is 281 g/mol. The number of nitrogens with one attached hydrogen (secondary N) is 1. The van der Waals surface area contributed by atoms with Gasteiger partial charge >= 0.3 is 0 Å². The van der Waals surface area contributed by atoms with Crippen LogP contribution in [0.2, 0.25) is 0 Å². The van der Waals surface area contributed by atoms with Gasteiger partial charge in [-0.05, 0) is 37.0 Å². The molecule has 106 valence electrons. The average molecular weight is 281 g/mol. The Morgan fingerprint density at radius 3 is 2.84 bits per heavy atom. The van der Waals surface area contributed by atoms with Crippen LogP contribution in [0.15, 0.2) is 24.3 Å². The zero-order valence-corrected chi connectivity index (χ0v) is 12.3. The lowest BCUT2D eigenvalue weighted by Gasteiger charge is -2.10. The highest BCUT2D eigenvalue weighted by Gasteiger charge is 2.23. The van der Waals surface area contributed by atoms with Gasteiger partial charge in [-0.2, -0.15) is 11.8 Å². The fourth-order valence-electron chi connectivity index (χ4n) is 2.40. The third-order valence-corrected chi connectivity index (χ3v) is 4.87. The summed E-state index contributed by atoms with van der Waals surface area (Å²) in [6.45, 7) is 1.40. The Bertz CT molecular complexity index is 369. The number of ether oxygens (including phenoxy) is 1. The lowest BCUT2D eigenvalue weighted by atomic mass is 10.1. The molecule has 0 saturated carbocycles. The SMILES string of the molecule is COc1ccc(CS[C@H]2CN[C@H](CCCO)C2)cc1. The van der Waals surface area contributed by atoms with E-state index in [1.165, 1.54) is 12.0 Å². The van der Waals surface area contributed by atoms with Crippen LogP contribution in [-0.4, -0.2) is 36.7 Å². The molecule has 3 nitrogen and oxygen atoms in total. The largest absolute Gasteiger partial charge is 0.497 e. The molecular formula is C15H23NO2S. The Labute approximate surface area is 119 Å². The number of rotatable bonds is 7. The zero-order valence-electron chi connectivity index (χ0n) is 11.5. The second-order valence-corrected chi connectivity index (χ2v) is 6.28. The summed E-state index contributed by atoms with van der Waals surface area (Å²) in [7, 11) is 1.69. The van der Waals surface area contributed by atoms with Crippen LogP contribution < -0.4 is 10.1 Å². The van der Waals surface area contributed by atoms with Crippen LogP contribution in [0.1, 0.15) is 24.8 Å². The van der Waals surface area contributed by atoms with Crippen molar-refractivity contribution in [1.29, 1.82) is 0 Å². The van der Waals surface area contributed by atoms with Gasteiger partial charge in [-0.15, -0.1) is 0 Å². The Hall–Kier alpha value is -0.710. The van der Waals surface area contributed by atoms with E-state index in [0.29, 0.717) is 17.9 Å². The fraction of sp³-hybridized carbons (Fsp3) is 0.600. The first kappa shape index (κ1) is 14.7. The van der Waals surface area contributed by atoms with Crippen molar-refractivity contribution in [2.24, 2.45) is 0 Å². The maximum Gasteiger partial charge on any atom is 0.118 e. The minimum absolute atomic E-state index is 0.307. The molecule has 2 atom stereocenters. The molecule has 1 aliphatic heterocycles. The second-order valence-electron chi connectivity index (χ2n) is 4.99. The summed E-state index contributed by atoms with van der Waals surface area (Å²) < 4.78 is 5.16. The van der Waals surface area contributed by atoms with Crippen molar-refractivity contribution >= 4 is 11.8 Å². The Morgan fingerprint density at radius 2 is 2.16 bits per heavy atom. The van der Waals surface area contributed by atoms with Gasteiger partial charge in [-0.25, -0.2) is 0 Å². The molecule has 0 aromatic heterocycles. The molecular weight excluding hydrogens is 258 g/mol. The van der Waals surface area contributed by atoms with Crippen molar-refractivity contribution in [1.82, 2.24) is 5.32 Å². The van der Waals surface area contributed by atoms with Gasteiger partial charge in [0, 0.05) is 30.2 Å². The van der Waals surface area contributed by atoms with Gasteiger partial charge in [0.25, 0.3) is 0 Å². The van der Waals surface area contributed by atoms with Gasteiger partial charge in [0.15, 0.2) is 0 Å². The van der Waals surface area contributed by atoms with Crippen molar-refractivity contribution in [3.63, 3.8) is 0 Å². The van der Waals surface area contributed by atoms with Crippen molar-refractivity contribution in [2.45, 2.75) is 36.3 Å². The number of thioether (sulfide) groups is 1. The predicted molar refractivity (Wildman–Crippen MR) is 80.8 cm³/mol. The molecule has 0 unspecified atom stereocenters. The van der Waals surface area contributed by atoms with Gasteiger partial charge < -0.3 is 15.2 Å². The van der Waals surface area contributed by atoms with Crippen molar-refractivity contribution in [3.8, 4) is 5.75 Å². The first-order valence-corrected chi connectivity index (χ1v) is 7.95. The van der Waals surface area contributed by atoms with Gasteiger partial charge in [0.05, 0.1) is 7.11 Å². The molecule has 1 heterocycles. The van der Waals surface area contributed by atoms with Gasteiger partial charge in [0.2, 0.25) is 0 Å². The van der Waals surface area contributed by atoms with Crippen LogP contribution in [0.5, 0.6) is 5.75 Å². The molecule has 0 aliphatic carbocycles. The topological polar surface area (TPSA) is 41.5 Å². The summed E-state index contributed by atoms with van der Waals surface area (Å²) in [5.41, 5.74) is 1.35. The highest BCUT2D eigenvalue weighted by atomic mass is 32.2. The highest BCUT2D eigenvalue weighted by molar-refractivity contribution is 7.99. The third-order valence-electron chi connectivity index (χ3n) is 3.54. The van der Waals surface area contributed by atoms with E-state index in [0.717, 1.165) is 30.9 Å². The summed E-state index contributed by atoms with van der Waals surface area (Å²) in [4.78, 5) is 0. The Kier molecular flexibility index (Phi) is 6.01. The quantitative estimate of drug-likeness (QED) is 0.805. The van der Waals surface area contributed by atoms with Gasteiger partial charge in [0.1, 0.15) is 5.75 Å². The molecule has 0 spiro atoms. The minimum Gasteiger partial charge on any atom is -0.497 e. The van der Waals surface area contributed by atoms with Crippen LogP contribution in [0.3, 0.4) is 0 Å². The normalized spacial score (nSPS) is 22.6. The maximum absolute atomic E-state index is 8.84. The van der Waals surface area contributed by atoms with Crippen molar-refractivity contribution < 1.29 is 9.84 Å². The van der Waals surface area contributed by atoms with E-state index in [1.807, 2.05) is 23.9 Å². The summed E-state index contributed by atoms with van der Waals surface area (Å²) in [6, 6.07) is 8.91. The number of aliphatic hydroxyl groups is 1. The number of methoxy groups -OCH3 is 1. The van der Waals surface area contributed by atoms with Gasteiger partial charge in [-0.1, -0.05) is 12.1 Å². The molecule has 2 rings (SSSR count). The second kappa shape index (κ2) is 7.78. The molecule has 1 aromatic carbocycles. The lowest BCUT2D eigenvalue weighted by Crippen LogP contribution is -2.21. The molecule has 0 amide bonds. The van der Waals surface area contributed by atoms with E-state index in [4.69, 9.17) is 9.84 Å². The first-order valence-electron chi connectivity index (χ1n) is 6.90. The smallest absolute Gasteiger partial charge is 0.118 e. The van der Waals surface area contributed by atoms with E-state index in [-0.39, 0.29) is 0 Å². The number of hydrogen-bond donors (Lipinski definition) is 2. The summed E-state index contributed by atoms with van der Waals surface area (Å²) in [5, 5.41) is 13.1. The molecule has 0 radical (unpaired) electrons. The fourth-order valence-corrected chi connectivity index (χ4v) is 3.61. The molecule has 0 bridgehead atoms. The van der Waals surface area contributed by atoms with E-state index >= 15 is 0 Å². The van der Waals surface area contributed by atoms with E-state index in [1.54, 1.807) is 7.11 Å². The standard InChI is InChI=1S/C15H23NO2S/c1-18-14-6-4-12(5-7-14)11-19-15-9-13(16-10-15)3-2-8-17/h4-7,13,15-17H,2-3,8-11H2,1H3/t13-,15-/m1/s1. The maximum atomic E-state index is 8.84.